The fraction of sp³-hybridized carbons (Fsp3) is 0.667. The Bertz CT molecular complexity index is 655. The average Bonchev–Trinajstić information content (AvgIpc) is 2.72. The highest BCUT2D eigenvalue weighted by Gasteiger charge is 2.28. The van der Waals surface area contributed by atoms with Crippen molar-refractivity contribution >= 4 is 11.6 Å². The van der Waals surface area contributed by atoms with E-state index in [1.54, 1.807) is 12.1 Å². The first-order valence-electron chi connectivity index (χ1n) is 10.5. The molecule has 0 unspecified atom stereocenters. The Morgan fingerprint density at radius 2 is 1.90 bits per heavy atom. The molecule has 0 saturated carbocycles. The fourth-order valence-electron chi connectivity index (χ4n) is 3.33. The van der Waals surface area contributed by atoms with E-state index in [1.807, 2.05) is 12.1 Å². The molecule has 1 heterocycles. The van der Waals surface area contributed by atoms with Gasteiger partial charge in [0.25, 0.3) is 5.69 Å². The van der Waals surface area contributed by atoms with E-state index in [0.717, 1.165) is 76.7 Å². The number of nitro benzene ring substituents is 1. The smallest absolute Gasteiger partial charge is 0.269 e. The quantitative estimate of drug-likeness (QED) is 0.204. The molecule has 1 aromatic rings. The van der Waals surface area contributed by atoms with Crippen molar-refractivity contribution < 1.29 is 9.66 Å². The van der Waals surface area contributed by atoms with Crippen molar-refractivity contribution in [2.24, 2.45) is 4.99 Å². The highest BCUT2D eigenvalue weighted by atomic mass is 16.6. The monoisotopic (exact) mass is 405 g/mol. The molecule has 162 valence electrons. The Hall–Kier alpha value is -2.19. The van der Waals surface area contributed by atoms with Gasteiger partial charge in [-0.05, 0) is 45.6 Å². The van der Waals surface area contributed by atoms with Crippen LogP contribution in [-0.4, -0.2) is 67.3 Å². The number of unbranched alkanes of at least 4 members (excludes halogenated alkanes) is 1. The maximum Gasteiger partial charge on any atom is 0.269 e. The van der Waals surface area contributed by atoms with Gasteiger partial charge in [-0.25, -0.2) is 0 Å². The molecule has 0 bridgehead atoms. The van der Waals surface area contributed by atoms with Gasteiger partial charge in [0, 0.05) is 43.9 Å². The van der Waals surface area contributed by atoms with Crippen LogP contribution in [0.15, 0.2) is 29.3 Å². The van der Waals surface area contributed by atoms with Crippen molar-refractivity contribution in [3.63, 3.8) is 0 Å². The van der Waals surface area contributed by atoms with Crippen molar-refractivity contribution in [1.29, 1.82) is 0 Å². The molecule has 0 amide bonds. The predicted octanol–water partition coefficient (Wildman–Crippen LogP) is 2.58. The highest BCUT2D eigenvalue weighted by molar-refractivity contribution is 5.79. The number of aliphatic imine (C=N–C) groups is 1. The van der Waals surface area contributed by atoms with Gasteiger partial charge in [-0.1, -0.05) is 12.1 Å². The highest BCUT2D eigenvalue weighted by Crippen LogP contribution is 2.16. The lowest BCUT2D eigenvalue weighted by molar-refractivity contribution is -0.384. The van der Waals surface area contributed by atoms with E-state index >= 15 is 0 Å². The maximum atomic E-state index is 10.7. The van der Waals surface area contributed by atoms with Crippen LogP contribution in [0.2, 0.25) is 0 Å². The van der Waals surface area contributed by atoms with Crippen LogP contribution in [0, 0.1) is 10.1 Å². The van der Waals surface area contributed by atoms with Crippen molar-refractivity contribution in [2.75, 3.05) is 45.9 Å². The van der Waals surface area contributed by atoms with Crippen LogP contribution in [0.1, 0.15) is 39.2 Å². The summed E-state index contributed by atoms with van der Waals surface area (Å²) in [7, 11) is 0. The van der Waals surface area contributed by atoms with E-state index in [0.29, 0.717) is 0 Å². The molecule has 0 radical (unpaired) electrons. The maximum absolute atomic E-state index is 10.7. The molecular weight excluding hydrogens is 370 g/mol. The molecule has 1 aromatic carbocycles. The van der Waals surface area contributed by atoms with Crippen LogP contribution in [0.4, 0.5) is 5.69 Å². The van der Waals surface area contributed by atoms with E-state index < -0.39 is 0 Å². The molecule has 1 aliphatic heterocycles. The van der Waals surface area contributed by atoms with Crippen LogP contribution in [0.3, 0.4) is 0 Å². The number of guanidine groups is 1. The summed E-state index contributed by atoms with van der Waals surface area (Å²) in [6.45, 7) is 12.4. The van der Waals surface area contributed by atoms with Crippen molar-refractivity contribution in [3.8, 4) is 0 Å². The lowest BCUT2D eigenvalue weighted by atomic mass is 10.0. The number of benzene rings is 1. The van der Waals surface area contributed by atoms with E-state index in [9.17, 15) is 10.1 Å². The number of hydrogen-bond acceptors (Lipinski definition) is 5. The third-order valence-corrected chi connectivity index (χ3v) is 5.17. The number of ether oxygens (including phenoxy) is 1. The van der Waals surface area contributed by atoms with Gasteiger partial charge >= 0.3 is 0 Å². The van der Waals surface area contributed by atoms with Crippen LogP contribution in [0.25, 0.3) is 0 Å². The Balaban J connectivity index is 1.73. The lowest BCUT2D eigenvalue weighted by Crippen LogP contribution is -2.52. The second kappa shape index (κ2) is 11.7. The number of hydrogen-bond donors (Lipinski definition) is 2. The summed E-state index contributed by atoms with van der Waals surface area (Å²) in [5, 5.41) is 17.4. The average molecular weight is 406 g/mol. The number of aryl methyl sites for hydroxylation is 1. The minimum Gasteiger partial charge on any atom is -0.379 e. The van der Waals surface area contributed by atoms with E-state index in [2.05, 4.69) is 36.3 Å². The molecule has 8 heteroatoms. The largest absolute Gasteiger partial charge is 0.379 e. The number of nitrogens with one attached hydrogen (secondary N) is 2. The van der Waals surface area contributed by atoms with Crippen LogP contribution < -0.4 is 10.6 Å². The lowest BCUT2D eigenvalue weighted by Gasteiger charge is -2.39. The summed E-state index contributed by atoms with van der Waals surface area (Å²) >= 11 is 0. The SMILES string of the molecule is CCNC(=NCC(C)(C)N1CCOCC1)NCCCCc1ccc([N+](=O)[O-])cc1. The molecule has 29 heavy (non-hydrogen) atoms. The first-order valence-corrected chi connectivity index (χ1v) is 10.5. The van der Waals surface area contributed by atoms with Crippen molar-refractivity contribution in [3.05, 3.63) is 39.9 Å². The topological polar surface area (TPSA) is 92.0 Å². The van der Waals surface area contributed by atoms with Gasteiger partial charge < -0.3 is 15.4 Å². The Kier molecular flexibility index (Phi) is 9.34. The van der Waals surface area contributed by atoms with Gasteiger partial charge in [0.2, 0.25) is 0 Å². The Morgan fingerprint density at radius 1 is 1.21 bits per heavy atom. The van der Waals surface area contributed by atoms with Crippen molar-refractivity contribution in [1.82, 2.24) is 15.5 Å². The molecule has 1 aliphatic rings. The summed E-state index contributed by atoms with van der Waals surface area (Å²) in [4.78, 5) is 17.6. The minimum atomic E-state index is -0.365. The number of nitro groups is 1. The molecule has 0 atom stereocenters. The molecule has 2 N–H and O–H groups in total. The summed E-state index contributed by atoms with van der Waals surface area (Å²) in [6.07, 6.45) is 2.94. The standard InChI is InChI=1S/C21H35N5O3/c1-4-22-20(24-17-21(2,3)25-13-15-29-16-14-25)23-12-6-5-7-18-8-10-19(11-9-18)26(27)28/h8-11H,4-7,12-17H2,1-3H3,(H2,22,23,24). The van der Waals surface area contributed by atoms with E-state index in [1.165, 1.54) is 0 Å². The first-order chi connectivity index (χ1) is 13.9. The zero-order valence-corrected chi connectivity index (χ0v) is 17.9. The summed E-state index contributed by atoms with van der Waals surface area (Å²) in [5.74, 6) is 0.851. The van der Waals surface area contributed by atoms with Gasteiger partial charge in [0.05, 0.1) is 24.7 Å². The predicted molar refractivity (Wildman–Crippen MR) is 116 cm³/mol. The molecule has 1 saturated heterocycles. The second-order valence-corrected chi connectivity index (χ2v) is 7.91. The number of nitrogens with zero attached hydrogens (tertiary/aromatic N) is 3. The van der Waals surface area contributed by atoms with Gasteiger partial charge in [-0.2, -0.15) is 0 Å². The fourth-order valence-corrected chi connectivity index (χ4v) is 3.33. The normalized spacial score (nSPS) is 15.9. The van der Waals surface area contributed by atoms with Gasteiger partial charge in [-0.15, -0.1) is 0 Å². The second-order valence-electron chi connectivity index (χ2n) is 7.91. The Morgan fingerprint density at radius 3 is 2.52 bits per heavy atom. The van der Waals surface area contributed by atoms with Gasteiger partial charge in [-0.3, -0.25) is 20.0 Å². The molecule has 0 aliphatic carbocycles. The third-order valence-electron chi connectivity index (χ3n) is 5.17. The van der Waals surface area contributed by atoms with Crippen LogP contribution >= 0.6 is 0 Å². The van der Waals surface area contributed by atoms with Crippen LogP contribution in [0.5, 0.6) is 0 Å². The molecular formula is C21H35N5O3. The number of morpholine rings is 1. The summed E-state index contributed by atoms with van der Waals surface area (Å²) in [5.41, 5.74) is 1.27. The third kappa shape index (κ3) is 7.98. The zero-order chi connectivity index (χ0) is 21.1. The zero-order valence-electron chi connectivity index (χ0n) is 17.9. The number of rotatable bonds is 10. The van der Waals surface area contributed by atoms with E-state index in [4.69, 9.17) is 9.73 Å². The minimum absolute atomic E-state index is 0.00204. The number of non-ortho nitro benzene ring substituents is 1. The summed E-state index contributed by atoms with van der Waals surface area (Å²) in [6, 6.07) is 6.81. The van der Waals surface area contributed by atoms with Gasteiger partial charge in [0.1, 0.15) is 0 Å². The molecule has 0 spiro atoms. The molecule has 1 fully saturated rings. The summed E-state index contributed by atoms with van der Waals surface area (Å²) < 4.78 is 5.45. The van der Waals surface area contributed by atoms with Crippen LogP contribution in [-0.2, 0) is 11.2 Å². The van der Waals surface area contributed by atoms with E-state index in [-0.39, 0.29) is 16.1 Å². The molecule has 0 aromatic heterocycles. The molecule has 2 rings (SSSR count). The Labute approximate surface area is 173 Å². The first kappa shape index (κ1) is 23.1. The van der Waals surface area contributed by atoms with Gasteiger partial charge in [0.15, 0.2) is 5.96 Å². The molecule has 8 nitrogen and oxygen atoms in total. The van der Waals surface area contributed by atoms with Crippen molar-refractivity contribution in [2.45, 2.75) is 45.6 Å².